The van der Waals surface area contributed by atoms with Crippen LogP contribution in [0.5, 0.6) is 0 Å². The van der Waals surface area contributed by atoms with Gasteiger partial charge in [-0.25, -0.2) is 9.02 Å². The first-order chi connectivity index (χ1) is 12.1. The standard InChI is InChI=1S/C16H14FN5O3/c17-9-2-1-8-5-13(12(8)6-9)19-15(20-24)14-16(22-25-21-14)18-10-3-4-11(23)7-10/h1-2,6-7,13,24H,3-5H2,(H,18,22)(H,19,20). The number of nitrogens with one attached hydrogen (secondary N) is 2. The van der Waals surface area contributed by atoms with Gasteiger partial charge in [0.05, 0.1) is 6.04 Å². The van der Waals surface area contributed by atoms with E-state index in [9.17, 15) is 14.4 Å². The number of halogens is 1. The maximum Gasteiger partial charge on any atom is 0.206 e. The number of hydrogen-bond acceptors (Lipinski definition) is 7. The van der Waals surface area contributed by atoms with Crippen LogP contribution in [-0.2, 0) is 11.2 Å². The normalized spacial score (nSPS) is 19.3. The number of aliphatic imine (C=N–C) groups is 1. The van der Waals surface area contributed by atoms with E-state index in [2.05, 4.69) is 20.6 Å². The molecule has 0 spiro atoms. The molecule has 1 aromatic heterocycles. The van der Waals surface area contributed by atoms with Crippen LogP contribution in [-0.4, -0.2) is 27.1 Å². The highest BCUT2D eigenvalue weighted by molar-refractivity contribution is 6.01. The Bertz CT molecular complexity index is 905. The number of hydrogen-bond donors (Lipinski definition) is 3. The number of carbonyl (C=O) groups excluding carboxylic acids is 1. The molecule has 128 valence electrons. The zero-order chi connectivity index (χ0) is 17.4. The van der Waals surface area contributed by atoms with Gasteiger partial charge in [0.2, 0.25) is 5.82 Å². The first kappa shape index (κ1) is 15.5. The molecule has 0 saturated carbocycles. The van der Waals surface area contributed by atoms with E-state index < -0.39 is 0 Å². The Balaban J connectivity index is 1.59. The lowest BCUT2D eigenvalue weighted by Gasteiger charge is -2.27. The van der Waals surface area contributed by atoms with Crippen molar-refractivity contribution in [1.29, 1.82) is 0 Å². The van der Waals surface area contributed by atoms with Gasteiger partial charge in [-0.15, -0.1) is 0 Å². The van der Waals surface area contributed by atoms with Crippen molar-refractivity contribution >= 4 is 17.4 Å². The number of carbonyl (C=O) groups is 1. The molecule has 4 rings (SSSR count). The minimum absolute atomic E-state index is 0.0304. The summed E-state index contributed by atoms with van der Waals surface area (Å²) in [5.74, 6) is -0.0168. The number of rotatable bonds is 4. The van der Waals surface area contributed by atoms with Crippen LogP contribution >= 0.6 is 0 Å². The summed E-state index contributed by atoms with van der Waals surface area (Å²) in [5, 5.41) is 19.9. The minimum atomic E-state index is -0.333. The molecule has 1 heterocycles. The van der Waals surface area contributed by atoms with E-state index in [0.717, 1.165) is 11.1 Å². The maximum absolute atomic E-state index is 13.4. The Hall–Kier alpha value is -3.07. The van der Waals surface area contributed by atoms with Crippen LogP contribution in [0.25, 0.3) is 0 Å². The molecule has 0 saturated heterocycles. The quantitative estimate of drug-likeness (QED) is 0.441. The number of amidine groups is 1. The van der Waals surface area contributed by atoms with Crippen molar-refractivity contribution in [1.82, 2.24) is 15.8 Å². The van der Waals surface area contributed by atoms with Crippen LogP contribution in [0.4, 0.5) is 10.2 Å². The van der Waals surface area contributed by atoms with Crippen molar-refractivity contribution in [2.75, 3.05) is 5.32 Å². The highest BCUT2D eigenvalue weighted by Crippen LogP contribution is 2.37. The Labute approximate surface area is 141 Å². The topological polar surface area (TPSA) is 113 Å². The predicted molar refractivity (Wildman–Crippen MR) is 84.5 cm³/mol. The molecule has 8 nitrogen and oxygen atoms in total. The second kappa shape index (κ2) is 6.10. The Morgan fingerprint density at radius 1 is 1.36 bits per heavy atom. The molecule has 0 aliphatic heterocycles. The fourth-order valence-corrected chi connectivity index (χ4v) is 2.94. The van der Waals surface area contributed by atoms with Gasteiger partial charge >= 0.3 is 0 Å². The summed E-state index contributed by atoms with van der Waals surface area (Å²) in [5.41, 5.74) is 4.63. The van der Waals surface area contributed by atoms with Gasteiger partial charge in [0, 0.05) is 18.2 Å². The molecule has 0 radical (unpaired) electrons. The lowest BCUT2D eigenvalue weighted by molar-refractivity contribution is -0.114. The van der Waals surface area contributed by atoms with Gasteiger partial charge in [-0.05, 0) is 46.4 Å². The van der Waals surface area contributed by atoms with E-state index in [1.807, 2.05) is 5.48 Å². The highest BCUT2D eigenvalue weighted by Gasteiger charge is 2.28. The van der Waals surface area contributed by atoms with Gasteiger partial charge in [0.15, 0.2) is 17.3 Å². The summed E-state index contributed by atoms with van der Waals surface area (Å²) in [4.78, 5) is 15.7. The minimum Gasteiger partial charge on any atom is -0.339 e. The molecule has 3 N–H and O–H groups in total. The maximum atomic E-state index is 13.4. The first-order valence-corrected chi connectivity index (χ1v) is 7.73. The van der Waals surface area contributed by atoms with Crippen molar-refractivity contribution in [2.24, 2.45) is 4.99 Å². The fraction of sp³-hybridized carbons (Fsp3) is 0.250. The molecule has 1 unspecified atom stereocenters. The molecular weight excluding hydrogens is 329 g/mol. The molecule has 2 aliphatic carbocycles. The molecule has 0 bridgehead atoms. The molecule has 2 aromatic rings. The van der Waals surface area contributed by atoms with Crippen molar-refractivity contribution in [2.45, 2.75) is 25.3 Å². The first-order valence-electron chi connectivity index (χ1n) is 7.73. The van der Waals surface area contributed by atoms with Crippen LogP contribution in [0.15, 0.2) is 39.6 Å². The smallest absolute Gasteiger partial charge is 0.206 e. The number of allylic oxidation sites excluding steroid dienone is 2. The lowest BCUT2D eigenvalue weighted by atomic mass is 9.83. The Kier molecular flexibility index (Phi) is 3.77. The third kappa shape index (κ3) is 2.89. The zero-order valence-corrected chi connectivity index (χ0v) is 13.0. The number of benzene rings is 1. The molecular formula is C16H14FN5O3. The largest absolute Gasteiger partial charge is 0.339 e. The SMILES string of the molecule is O=C1C=C(Nc2nonc2C(=NC2Cc3ccc(F)cc32)NO)CC1. The third-order valence-corrected chi connectivity index (χ3v) is 4.24. The van der Waals surface area contributed by atoms with Crippen LogP contribution in [0.2, 0.25) is 0 Å². The lowest BCUT2D eigenvalue weighted by Crippen LogP contribution is -2.26. The van der Waals surface area contributed by atoms with Crippen LogP contribution in [0, 0.1) is 5.82 Å². The Morgan fingerprint density at radius 3 is 3.00 bits per heavy atom. The monoisotopic (exact) mass is 343 g/mol. The zero-order valence-electron chi connectivity index (χ0n) is 13.0. The number of hydroxylamine groups is 1. The van der Waals surface area contributed by atoms with Crippen molar-refractivity contribution in [3.8, 4) is 0 Å². The van der Waals surface area contributed by atoms with E-state index in [0.29, 0.717) is 25.0 Å². The fourth-order valence-electron chi connectivity index (χ4n) is 2.94. The number of anilines is 1. The van der Waals surface area contributed by atoms with E-state index in [-0.39, 0.29) is 35.0 Å². The summed E-state index contributed by atoms with van der Waals surface area (Å²) >= 11 is 0. The van der Waals surface area contributed by atoms with Crippen LogP contribution in [0.3, 0.4) is 0 Å². The van der Waals surface area contributed by atoms with E-state index >= 15 is 0 Å². The van der Waals surface area contributed by atoms with Gasteiger partial charge in [0.1, 0.15) is 5.82 Å². The van der Waals surface area contributed by atoms with Crippen LogP contribution < -0.4 is 10.8 Å². The summed E-state index contributed by atoms with van der Waals surface area (Å²) < 4.78 is 18.1. The second-order valence-electron chi connectivity index (χ2n) is 5.87. The summed E-state index contributed by atoms with van der Waals surface area (Å²) in [6, 6.07) is 4.26. The molecule has 0 fully saturated rings. The summed E-state index contributed by atoms with van der Waals surface area (Å²) in [6.07, 6.45) is 3.13. The van der Waals surface area contributed by atoms with Crippen molar-refractivity contribution in [3.05, 3.63) is 52.6 Å². The summed E-state index contributed by atoms with van der Waals surface area (Å²) in [7, 11) is 0. The van der Waals surface area contributed by atoms with E-state index in [1.165, 1.54) is 18.2 Å². The molecule has 1 aromatic carbocycles. The number of nitrogens with zero attached hydrogens (tertiary/aromatic N) is 3. The van der Waals surface area contributed by atoms with E-state index in [1.54, 1.807) is 6.07 Å². The average molecular weight is 343 g/mol. The Morgan fingerprint density at radius 2 is 2.24 bits per heavy atom. The number of aromatic nitrogens is 2. The van der Waals surface area contributed by atoms with Crippen LogP contribution in [0.1, 0.15) is 35.7 Å². The van der Waals surface area contributed by atoms with E-state index in [4.69, 9.17) is 4.63 Å². The predicted octanol–water partition coefficient (Wildman–Crippen LogP) is 1.89. The number of ketones is 1. The molecule has 1 atom stereocenters. The molecule has 9 heteroatoms. The van der Waals surface area contributed by atoms with Crippen molar-refractivity contribution < 1.29 is 19.0 Å². The number of fused-ring (bicyclic) bond motifs is 1. The molecule has 25 heavy (non-hydrogen) atoms. The van der Waals surface area contributed by atoms with Gasteiger partial charge in [-0.3, -0.25) is 20.5 Å². The second-order valence-corrected chi connectivity index (χ2v) is 5.87. The molecule has 0 amide bonds. The van der Waals surface area contributed by atoms with Crippen molar-refractivity contribution in [3.63, 3.8) is 0 Å². The summed E-state index contributed by atoms with van der Waals surface area (Å²) in [6.45, 7) is 0. The van der Waals surface area contributed by atoms with Gasteiger partial charge < -0.3 is 5.32 Å². The third-order valence-electron chi connectivity index (χ3n) is 4.24. The average Bonchev–Trinajstić information content (AvgIpc) is 3.20. The molecule has 2 aliphatic rings. The van der Waals surface area contributed by atoms with Gasteiger partial charge in [-0.2, -0.15) is 0 Å². The van der Waals surface area contributed by atoms with Gasteiger partial charge in [0.25, 0.3) is 0 Å². The highest BCUT2D eigenvalue weighted by atomic mass is 19.1. The van der Waals surface area contributed by atoms with Gasteiger partial charge in [-0.1, -0.05) is 6.07 Å².